The van der Waals surface area contributed by atoms with E-state index in [4.69, 9.17) is 28.5 Å². The highest BCUT2D eigenvalue weighted by molar-refractivity contribution is 6.35. The molecule has 2 unspecified atom stereocenters. The first-order chi connectivity index (χ1) is 11.2. The van der Waals surface area contributed by atoms with Gasteiger partial charge >= 0.3 is 6.18 Å². The van der Waals surface area contributed by atoms with Gasteiger partial charge in [-0.15, -0.1) is 0 Å². The van der Waals surface area contributed by atoms with Gasteiger partial charge in [-0.25, -0.2) is 4.98 Å². The number of benzene rings is 1. The molecule has 3 nitrogen and oxygen atoms in total. The van der Waals surface area contributed by atoms with Crippen LogP contribution in [0.4, 0.5) is 13.2 Å². The maximum absolute atomic E-state index is 13.0. The molecule has 126 valence electrons. The molecule has 0 saturated carbocycles. The minimum atomic E-state index is -4.81. The first kappa shape index (κ1) is 18.5. The van der Waals surface area contributed by atoms with E-state index in [0.29, 0.717) is 5.56 Å². The fourth-order valence-corrected chi connectivity index (χ4v) is 2.84. The van der Waals surface area contributed by atoms with E-state index in [1.54, 1.807) is 0 Å². The number of nitriles is 1. The molecule has 0 amide bonds. The van der Waals surface area contributed by atoms with Crippen LogP contribution in [-0.2, 0) is 6.42 Å². The lowest BCUT2D eigenvalue weighted by atomic mass is 9.87. The monoisotopic (exact) mass is 374 g/mol. The third kappa shape index (κ3) is 4.38. The van der Waals surface area contributed by atoms with Gasteiger partial charge in [0.05, 0.1) is 0 Å². The number of pyridine rings is 1. The summed E-state index contributed by atoms with van der Waals surface area (Å²) >= 11 is 11.8. The Balaban J connectivity index is 2.40. The topological polar surface area (TPSA) is 56.9 Å². The Morgan fingerprint density at radius 3 is 2.42 bits per heavy atom. The van der Waals surface area contributed by atoms with Crippen LogP contribution in [0, 0.1) is 11.3 Å². The Hall–Kier alpha value is -1.81. The van der Waals surface area contributed by atoms with E-state index in [-0.39, 0.29) is 27.7 Å². The van der Waals surface area contributed by atoms with Gasteiger partial charge in [0.15, 0.2) is 6.10 Å². The van der Waals surface area contributed by atoms with Crippen LogP contribution in [0.2, 0.25) is 10.0 Å². The zero-order valence-electron chi connectivity index (χ0n) is 12.1. The van der Waals surface area contributed by atoms with Crippen molar-refractivity contribution in [1.29, 1.82) is 5.26 Å². The van der Waals surface area contributed by atoms with E-state index in [1.807, 2.05) is 6.07 Å². The van der Waals surface area contributed by atoms with E-state index in [9.17, 15) is 18.3 Å². The molecule has 2 atom stereocenters. The van der Waals surface area contributed by atoms with E-state index in [0.717, 1.165) is 0 Å². The molecule has 1 heterocycles. The van der Waals surface area contributed by atoms with E-state index in [2.05, 4.69) is 4.98 Å². The summed E-state index contributed by atoms with van der Waals surface area (Å²) in [5.41, 5.74) is 0.722. The summed E-state index contributed by atoms with van der Waals surface area (Å²) in [6, 6.07) is 8.82. The highest BCUT2D eigenvalue weighted by Gasteiger charge is 2.44. The summed E-state index contributed by atoms with van der Waals surface area (Å²) < 4.78 is 39.1. The lowest BCUT2D eigenvalue weighted by molar-refractivity contribution is -0.210. The molecule has 1 aromatic heterocycles. The third-order valence-electron chi connectivity index (χ3n) is 3.47. The number of aliphatic hydroxyl groups excluding tert-OH is 1. The maximum Gasteiger partial charge on any atom is 0.414 e. The zero-order chi connectivity index (χ0) is 17.9. The first-order valence-corrected chi connectivity index (χ1v) is 7.52. The first-order valence-electron chi connectivity index (χ1n) is 6.77. The van der Waals surface area contributed by atoms with Crippen LogP contribution in [0.25, 0.3) is 0 Å². The van der Waals surface area contributed by atoms with Gasteiger partial charge in [-0.3, -0.25) is 0 Å². The van der Waals surface area contributed by atoms with Crippen molar-refractivity contribution in [3.05, 3.63) is 63.4 Å². The summed E-state index contributed by atoms with van der Waals surface area (Å²) in [6.45, 7) is 0. The largest absolute Gasteiger partial charge is 0.414 e. The zero-order valence-corrected chi connectivity index (χ0v) is 13.6. The van der Waals surface area contributed by atoms with Crippen molar-refractivity contribution < 1.29 is 18.3 Å². The molecule has 24 heavy (non-hydrogen) atoms. The molecular formula is C16H11Cl2F3N2O. The predicted molar refractivity (Wildman–Crippen MR) is 83.9 cm³/mol. The Bertz CT molecular complexity index is 757. The summed E-state index contributed by atoms with van der Waals surface area (Å²) in [5, 5.41) is 18.8. The van der Waals surface area contributed by atoms with Gasteiger partial charge in [0, 0.05) is 22.2 Å². The van der Waals surface area contributed by atoms with E-state index < -0.39 is 18.2 Å². The third-order valence-corrected chi connectivity index (χ3v) is 4.04. The molecule has 0 bridgehead atoms. The Morgan fingerprint density at radius 2 is 1.92 bits per heavy atom. The van der Waals surface area contributed by atoms with Gasteiger partial charge in [-0.1, -0.05) is 35.3 Å². The summed E-state index contributed by atoms with van der Waals surface area (Å²) in [5.74, 6) is -1.33. The van der Waals surface area contributed by atoms with Gasteiger partial charge in [0.2, 0.25) is 0 Å². The Kier molecular flexibility index (Phi) is 5.70. The summed E-state index contributed by atoms with van der Waals surface area (Å²) in [7, 11) is 0. The lowest BCUT2D eigenvalue weighted by Gasteiger charge is -2.26. The number of halogens is 5. The molecule has 2 rings (SSSR count). The number of rotatable bonds is 4. The maximum atomic E-state index is 13.0. The van der Waals surface area contributed by atoms with Gasteiger partial charge in [0.25, 0.3) is 0 Å². The second-order valence-corrected chi connectivity index (χ2v) is 5.97. The highest BCUT2D eigenvalue weighted by atomic mass is 35.5. The smallest absolute Gasteiger partial charge is 0.383 e. The fourth-order valence-electron chi connectivity index (χ4n) is 2.29. The van der Waals surface area contributed by atoms with Crippen molar-refractivity contribution in [2.75, 3.05) is 0 Å². The molecule has 0 fully saturated rings. The molecule has 0 spiro atoms. The molecule has 0 aliphatic rings. The van der Waals surface area contributed by atoms with Gasteiger partial charge < -0.3 is 5.11 Å². The van der Waals surface area contributed by atoms with Crippen LogP contribution >= 0.6 is 23.2 Å². The lowest BCUT2D eigenvalue weighted by Crippen LogP contribution is -2.35. The van der Waals surface area contributed by atoms with Crippen molar-refractivity contribution in [2.24, 2.45) is 0 Å². The second-order valence-electron chi connectivity index (χ2n) is 5.13. The second kappa shape index (κ2) is 7.39. The minimum Gasteiger partial charge on any atom is -0.383 e. The molecular weight excluding hydrogens is 364 g/mol. The minimum absolute atomic E-state index is 0.0393. The van der Waals surface area contributed by atoms with Crippen LogP contribution in [0.15, 0.2) is 36.5 Å². The molecule has 0 saturated heterocycles. The average molecular weight is 375 g/mol. The number of aromatic nitrogens is 1. The molecule has 0 aliphatic carbocycles. The summed E-state index contributed by atoms with van der Waals surface area (Å²) in [4.78, 5) is 3.82. The van der Waals surface area contributed by atoms with E-state index in [1.165, 1.54) is 36.5 Å². The number of hydrogen-bond acceptors (Lipinski definition) is 3. The van der Waals surface area contributed by atoms with Crippen LogP contribution < -0.4 is 0 Å². The normalized spacial score (nSPS) is 14.0. The van der Waals surface area contributed by atoms with Crippen LogP contribution in [0.5, 0.6) is 0 Å². The Labute approximate surface area is 146 Å². The molecule has 0 radical (unpaired) electrons. The molecule has 1 N–H and O–H groups in total. The van der Waals surface area contributed by atoms with Crippen molar-refractivity contribution in [3.63, 3.8) is 0 Å². The van der Waals surface area contributed by atoms with Crippen LogP contribution in [0.1, 0.15) is 22.7 Å². The van der Waals surface area contributed by atoms with E-state index >= 15 is 0 Å². The number of hydrogen-bond donors (Lipinski definition) is 1. The Morgan fingerprint density at radius 1 is 1.21 bits per heavy atom. The molecule has 1 aromatic carbocycles. The fraction of sp³-hybridized carbons (Fsp3) is 0.250. The summed E-state index contributed by atoms with van der Waals surface area (Å²) in [6.07, 6.45) is -6.26. The standard InChI is InChI=1S/C16H11Cl2F3N2O/c17-10-2-4-12(14(18)6-10)13(15(24)16(19,20)21)5-9-1-3-11(7-22)23-8-9/h1-4,6,8,13,15,24H,5H2. The van der Waals surface area contributed by atoms with Gasteiger partial charge in [-0.05, 0) is 35.7 Å². The highest BCUT2D eigenvalue weighted by Crippen LogP contribution is 2.37. The van der Waals surface area contributed by atoms with Crippen molar-refractivity contribution >= 4 is 23.2 Å². The number of alkyl halides is 3. The molecule has 0 aliphatic heterocycles. The molecule has 8 heteroatoms. The number of aliphatic hydroxyl groups is 1. The van der Waals surface area contributed by atoms with Crippen molar-refractivity contribution in [3.8, 4) is 6.07 Å². The van der Waals surface area contributed by atoms with Crippen LogP contribution in [-0.4, -0.2) is 22.4 Å². The van der Waals surface area contributed by atoms with Crippen molar-refractivity contribution in [2.45, 2.75) is 24.6 Å². The van der Waals surface area contributed by atoms with Crippen molar-refractivity contribution in [1.82, 2.24) is 4.98 Å². The predicted octanol–water partition coefficient (Wildman–Crippen LogP) is 4.51. The van der Waals surface area contributed by atoms with Gasteiger partial charge in [0.1, 0.15) is 11.8 Å². The SMILES string of the molecule is N#Cc1ccc(CC(c2ccc(Cl)cc2Cl)C(O)C(F)(F)F)cn1. The quantitative estimate of drug-likeness (QED) is 0.856. The van der Waals surface area contributed by atoms with Crippen LogP contribution in [0.3, 0.4) is 0 Å². The molecule has 2 aromatic rings. The van der Waals surface area contributed by atoms with Gasteiger partial charge in [-0.2, -0.15) is 18.4 Å². The number of nitrogens with zero attached hydrogens (tertiary/aromatic N) is 2. The average Bonchev–Trinajstić information content (AvgIpc) is 2.52.